The van der Waals surface area contributed by atoms with E-state index in [4.69, 9.17) is 13.3 Å². The molecular weight excluding hydrogens is 210 g/mol. The Morgan fingerprint density at radius 1 is 0.867 bits per heavy atom. The van der Waals surface area contributed by atoms with Crippen molar-refractivity contribution < 1.29 is 13.3 Å². The van der Waals surface area contributed by atoms with Crippen molar-refractivity contribution in [2.24, 2.45) is 0 Å². The number of hydrogen-bond donors (Lipinski definition) is 0. The van der Waals surface area contributed by atoms with Crippen LogP contribution in [0.1, 0.15) is 27.7 Å². The van der Waals surface area contributed by atoms with E-state index < -0.39 is 8.80 Å². The molecule has 15 heavy (non-hydrogen) atoms. The molecule has 0 aliphatic rings. The van der Waals surface area contributed by atoms with Gasteiger partial charge in [-0.15, -0.1) is 0 Å². The summed E-state index contributed by atoms with van der Waals surface area (Å²) in [5.41, 5.74) is 0. The SMILES string of the molecule is CCO[Si](CN(C)CC)(OCC)OCC. The summed E-state index contributed by atoms with van der Waals surface area (Å²) in [6.45, 7) is 10.9. The van der Waals surface area contributed by atoms with Crippen LogP contribution in [0.15, 0.2) is 0 Å². The van der Waals surface area contributed by atoms with Crippen LogP contribution in [0.4, 0.5) is 0 Å². The van der Waals surface area contributed by atoms with Gasteiger partial charge in [0.2, 0.25) is 0 Å². The van der Waals surface area contributed by atoms with Gasteiger partial charge in [0.1, 0.15) is 0 Å². The molecule has 0 aliphatic carbocycles. The lowest BCUT2D eigenvalue weighted by Crippen LogP contribution is -2.54. The second-order valence-electron chi connectivity index (χ2n) is 3.31. The van der Waals surface area contributed by atoms with Crippen molar-refractivity contribution >= 4 is 8.80 Å². The highest BCUT2D eigenvalue weighted by molar-refractivity contribution is 6.60. The quantitative estimate of drug-likeness (QED) is 0.567. The summed E-state index contributed by atoms with van der Waals surface area (Å²) in [5, 5.41) is 0. The van der Waals surface area contributed by atoms with Crippen LogP contribution in [0.3, 0.4) is 0 Å². The van der Waals surface area contributed by atoms with E-state index >= 15 is 0 Å². The maximum absolute atomic E-state index is 5.74. The molecule has 0 spiro atoms. The molecule has 0 heterocycles. The maximum Gasteiger partial charge on any atom is 0.515 e. The molecule has 0 radical (unpaired) electrons. The summed E-state index contributed by atoms with van der Waals surface area (Å²) in [7, 11) is -0.399. The van der Waals surface area contributed by atoms with Gasteiger partial charge in [0.25, 0.3) is 0 Å². The Balaban J connectivity index is 4.44. The minimum Gasteiger partial charge on any atom is -0.373 e. The smallest absolute Gasteiger partial charge is 0.373 e. The molecule has 0 bridgehead atoms. The standard InChI is InChI=1S/C10H25NO3Si/c1-6-11(5)10-15(12-7-2,13-8-3)14-9-4/h6-10H2,1-5H3. The molecule has 0 atom stereocenters. The van der Waals surface area contributed by atoms with Crippen molar-refractivity contribution in [3.05, 3.63) is 0 Å². The molecule has 0 aromatic carbocycles. The van der Waals surface area contributed by atoms with Gasteiger partial charge in [-0.25, -0.2) is 0 Å². The van der Waals surface area contributed by atoms with Gasteiger partial charge in [0.15, 0.2) is 0 Å². The van der Waals surface area contributed by atoms with Crippen LogP contribution in [-0.2, 0) is 13.3 Å². The van der Waals surface area contributed by atoms with E-state index in [9.17, 15) is 0 Å². The van der Waals surface area contributed by atoms with Crippen molar-refractivity contribution in [1.82, 2.24) is 4.90 Å². The first-order chi connectivity index (χ1) is 7.14. The molecule has 0 N–H and O–H groups in total. The van der Waals surface area contributed by atoms with E-state index in [0.717, 1.165) is 12.7 Å². The fraction of sp³-hybridized carbons (Fsp3) is 1.00. The van der Waals surface area contributed by atoms with Crippen molar-refractivity contribution in [1.29, 1.82) is 0 Å². The summed E-state index contributed by atoms with van der Waals surface area (Å²) in [6.07, 6.45) is 0.763. The van der Waals surface area contributed by atoms with Crippen LogP contribution in [0.25, 0.3) is 0 Å². The summed E-state index contributed by atoms with van der Waals surface area (Å²) < 4.78 is 17.2. The summed E-state index contributed by atoms with van der Waals surface area (Å²) >= 11 is 0. The lowest BCUT2D eigenvalue weighted by atomic mass is 10.7. The third-order valence-electron chi connectivity index (χ3n) is 2.10. The summed E-state index contributed by atoms with van der Waals surface area (Å²) in [6, 6.07) is 0. The third-order valence-corrected chi connectivity index (χ3v) is 5.21. The highest BCUT2D eigenvalue weighted by Gasteiger charge is 2.41. The zero-order valence-corrected chi connectivity index (χ0v) is 11.7. The Labute approximate surface area is 94.9 Å². The molecule has 0 aromatic heterocycles. The highest BCUT2D eigenvalue weighted by Crippen LogP contribution is 2.11. The zero-order valence-electron chi connectivity index (χ0n) is 10.7. The molecule has 0 aliphatic heterocycles. The van der Waals surface area contributed by atoms with Crippen LogP contribution in [0, 0.1) is 0 Å². The Bertz CT molecular complexity index is 141. The van der Waals surface area contributed by atoms with Gasteiger partial charge in [0, 0.05) is 19.8 Å². The molecule has 0 unspecified atom stereocenters. The van der Waals surface area contributed by atoms with Gasteiger partial charge in [-0.05, 0) is 34.4 Å². The second kappa shape index (κ2) is 8.24. The van der Waals surface area contributed by atoms with Gasteiger partial charge < -0.3 is 18.2 Å². The van der Waals surface area contributed by atoms with Crippen molar-refractivity contribution in [3.8, 4) is 0 Å². The first kappa shape index (κ1) is 15.1. The Morgan fingerprint density at radius 2 is 1.27 bits per heavy atom. The monoisotopic (exact) mass is 235 g/mol. The summed E-state index contributed by atoms with van der Waals surface area (Å²) in [4.78, 5) is 2.17. The summed E-state index contributed by atoms with van der Waals surface area (Å²) in [5.74, 6) is 0. The molecule has 0 amide bonds. The topological polar surface area (TPSA) is 30.9 Å². The third kappa shape index (κ3) is 5.63. The van der Waals surface area contributed by atoms with Gasteiger partial charge in [-0.3, -0.25) is 0 Å². The number of nitrogens with zero attached hydrogens (tertiary/aromatic N) is 1. The van der Waals surface area contributed by atoms with Crippen LogP contribution in [0.5, 0.6) is 0 Å². The Hall–Kier alpha value is 0.0569. The Morgan fingerprint density at radius 3 is 1.53 bits per heavy atom. The average Bonchev–Trinajstić information content (AvgIpc) is 2.18. The van der Waals surface area contributed by atoms with Crippen LogP contribution >= 0.6 is 0 Å². The molecule has 0 saturated carbocycles. The normalized spacial score (nSPS) is 12.4. The molecule has 0 fully saturated rings. The minimum absolute atomic E-state index is 0.643. The van der Waals surface area contributed by atoms with E-state index in [1.54, 1.807) is 0 Å². The van der Waals surface area contributed by atoms with E-state index in [0.29, 0.717) is 19.8 Å². The lowest BCUT2D eigenvalue weighted by Gasteiger charge is -2.31. The van der Waals surface area contributed by atoms with Crippen LogP contribution in [-0.4, -0.2) is 53.3 Å². The minimum atomic E-state index is -2.45. The number of rotatable bonds is 9. The number of hydrogen-bond acceptors (Lipinski definition) is 4. The first-order valence-electron chi connectivity index (χ1n) is 5.74. The van der Waals surface area contributed by atoms with E-state index in [1.807, 2.05) is 20.8 Å². The van der Waals surface area contributed by atoms with E-state index in [-0.39, 0.29) is 0 Å². The van der Waals surface area contributed by atoms with Gasteiger partial charge in [-0.2, -0.15) is 0 Å². The molecule has 92 valence electrons. The van der Waals surface area contributed by atoms with E-state index in [1.165, 1.54) is 0 Å². The van der Waals surface area contributed by atoms with Gasteiger partial charge in [0.05, 0.1) is 6.17 Å². The van der Waals surface area contributed by atoms with Crippen LogP contribution in [0.2, 0.25) is 0 Å². The molecule has 5 heteroatoms. The van der Waals surface area contributed by atoms with Crippen molar-refractivity contribution in [2.45, 2.75) is 27.7 Å². The first-order valence-corrected chi connectivity index (χ1v) is 7.67. The molecule has 0 saturated heterocycles. The van der Waals surface area contributed by atoms with Crippen molar-refractivity contribution in [3.63, 3.8) is 0 Å². The molecule has 0 rings (SSSR count). The maximum atomic E-state index is 5.74. The molecule has 4 nitrogen and oxygen atoms in total. The Kier molecular flexibility index (Phi) is 8.27. The van der Waals surface area contributed by atoms with Gasteiger partial charge >= 0.3 is 8.80 Å². The molecule has 0 aromatic rings. The van der Waals surface area contributed by atoms with E-state index in [2.05, 4.69) is 18.9 Å². The fourth-order valence-corrected chi connectivity index (χ4v) is 4.09. The average molecular weight is 235 g/mol. The lowest BCUT2D eigenvalue weighted by molar-refractivity contribution is 0.0601. The van der Waals surface area contributed by atoms with Crippen molar-refractivity contribution in [2.75, 3.05) is 39.6 Å². The van der Waals surface area contributed by atoms with Gasteiger partial charge in [-0.1, -0.05) is 6.92 Å². The highest BCUT2D eigenvalue weighted by atomic mass is 28.4. The molecular formula is C10H25NO3Si. The second-order valence-corrected chi connectivity index (χ2v) is 5.86. The zero-order chi connectivity index (χ0) is 11.7. The predicted molar refractivity (Wildman–Crippen MR) is 63.8 cm³/mol. The largest absolute Gasteiger partial charge is 0.515 e. The predicted octanol–water partition coefficient (Wildman–Crippen LogP) is 1.53. The van der Waals surface area contributed by atoms with Crippen LogP contribution < -0.4 is 0 Å². The fourth-order valence-electron chi connectivity index (χ4n) is 1.36.